The van der Waals surface area contributed by atoms with Crippen LogP contribution in [0.5, 0.6) is 11.5 Å². The molecule has 0 saturated carbocycles. The molecule has 22 heavy (non-hydrogen) atoms. The van der Waals surface area contributed by atoms with Crippen molar-refractivity contribution in [3.8, 4) is 11.5 Å². The van der Waals surface area contributed by atoms with E-state index in [-0.39, 0.29) is 6.61 Å². The van der Waals surface area contributed by atoms with E-state index in [4.69, 9.17) is 14.2 Å². The third-order valence-electron chi connectivity index (χ3n) is 3.43. The van der Waals surface area contributed by atoms with E-state index in [1.165, 1.54) is 0 Å². The zero-order chi connectivity index (χ0) is 15.4. The van der Waals surface area contributed by atoms with Gasteiger partial charge in [0.2, 0.25) is 0 Å². The first-order valence-corrected chi connectivity index (χ1v) is 7.05. The number of methoxy groups -OCH3 is 1. The van der Waals surface area contributed by atoms with E-state index in [0.29, 0.717) is 6.42 Å². The smallest absolute Gasteiger partial charge is 0.410 e. The average Bonchev–Trinajstić information content (AvgIpc) is 2.95. The Morgan fingerprint density at radius 2 is 2.09 bits per heavy atom. The van der Waals surface area contributed by atoms with Crippen molar-refractivity contribution in [2.24, 2.45) is 0 Å². The molecule has 0 radical (unpaired) electrons. The number of rotatable bonds is 4. The Morgan fingerprint density at radius 1 is 1.27 bits per heavy atom. The van der Waals surface area contributed by atoms with Crippen LogP contribution in [-0.4, -0.2) is 19.4 Å². The van der Waals surface area contributed by atoms with Crippen LogP contribution in [0.25, 0.3) is 0 Å². The molecule has 1 amide bonds. The summed E-state index contributed by atoms with van der Waals surface area (Å²) in [5, 5.41) is 2.71. The highest BCUT2D eigenvalue weighted by atomic mass is 16.6. The fourth-order valence-electron chi connectivity index (χ4n) is 2.33. The van der Waals surface area contributed by atoms with Crippen molar-refractivity contribution in [1.29, 1.82) is 0 Å². The Morgan fingerprint density at radius 3 is 2.86 bits per heavy atom. The molecule has 1 aliphatic rings. The summed E-state index contributed by atoms with van der Waals surface area (Å²) in [6.07, 6.45) is -0.313. The predicted octanol–water partition coefficient (Wildman–Crippen LogP) is 2.88. The lowest BCUT2D eigenvalue weighted by Crippen LogP contribution is -2.38. The molecule has 1 atom stereocenters. The summed E-state index contributed by atoms with van der Waals surface area (Å²) in [6.45, 7) is 0.236. The second-order valence-electron chi connectivity index (χ2n) is 4.99. The van der Waals surface area contributed by atoms with Crippen LogP contribution in [0.4, 0.5) is 4.79 Å². The molecule has 5 nitrogen and oxygen atoms in total. The van der Waals surface area contributed by atoms with Crippen molar-refractivity contribution >= 4 is 6.09 Å². The summed E-state index contributed by atoms with van der Waals surface area (Å²) in [4.78, 5) is 11.8. The number of fused-ring (bicyclic) bond motifs is 1. The number of carbonyl (C=O) groups excluding carboxylic acids is 1. The molecular formula is C17H17NO4. The topological polar surface area (TPSA) is 56.8 Å². The van der Waals surface area contributed by atoms with Crippen LogP contribution in [0.15, 0.2) is 48.5 Å². The first-order chi connectivity index (χ1) is 10.7. The van der Waals surface area contributed by atoms with Crippen molar-refractivity contribution in [3.05, 3.63) is 59.7 Å². The van der Waals surface area contributed by atoms with Gasteiger partial charge in [0.1, 0.15) is 18.1 Å². The quantitative estimate of drug-likeness (QED) is 0.943. The zero-order valence-electron chi connectivity index (χ0n) is 12.2. The van der Waals surface area contributed by atoms with E-state index in [1.54, 1.807) is 7.11 Å². The zero-order valence-corrected chi connectivity index (χ0v) is 12.2. The monoisotopic (exact) mass is 299 g/mol. The number of hydrogen-bond acceptors (Lipinski definition) is 4. The first kappa shape index (κ1) is 14.3. The lowest BCUT2D eigenvalue weighted by molar-refractivity contribution is 0.113. The van der Waals surface area contributed by atoms with Gasteiger partial charge in [0.15, 0.2) is 6.23 Å². The molecule has 0 aliphatic carbocycles. The van der Waals surface area contributed by atoms with Gasteiger partial charge in [-0.05, 0) is 23.8 Å². The van der Waals surface area contributed by atoms with Gasteiger partial charge in [-0.25, -0.2) is 4.79 Å². The summed E-state index contributed by atoms with van der Waals surface area (Å²) < 4.78 is 16.0. The standard InChI is InChI=1S/C17H17NO4/c1-20-14-7-8-15-13(9-14)10-16(22-15)18-17(19)21-11-12-5-3-2-4-6-12/h2-9,16H,10-11H2,1H3,(H,18,19). The molecule has 0 saturated heterocycles. The van der Waals surface area contributed by atoms with Gasteiger partial charge < -0.3 is 14.2 Å². The molecular weight excluding hydrogens is 282 g/mol. The number of nitrogens with one attached hydrogen (secondary N) is 1. The Bertz CT molecular complexity index is 657. The SMILES string of the molecule is COc1ccc2c(c1)CC(NC(=O)OCc1ccccc1)O2. The van der Waals surface area contributed by atoms with Crippen molar-refractivity contribution in [1.82, 2.24) is 5.32 Å². The molecule has 0 aromatic heterocycles. The number of hydrogen-bond donors (Lipinski definition) is 1. The first-order valence-electron chi connectivity index (χ1n) is 7.05. The Hall–Kier alpha value is -2.69. The van der Waals surface area contributed by atoms with Crippen LogP contribution in [0, 0.1) is 0 Å². The molecule has 1 aliphatic heterocycles. The van der Waals surface area contributed by atoms with Crippen molar-refractivity contribution in [2.45, 2.75) is 19.3 Å². The highest BCUT2D eigenvalue weighted by Crippen LogP contribution is 2.31. The fourth-order valence-corrected chi connectivity index (χ4v) is 2.33. The second kappa shape index (κ2) is 6.39. The maximum Gasteiger partial charge on any atom is 0.410 e. The van der Waals surface area contributed by atoms with Crippen LogP contribution in [0.1, 0.15) is 11.1 Å². The number of carbonyl (C=O) groups is 1. The van der Waals surface area contributed by atoms with Crippen LogP contribution in [0.2, 0.25) is 0 Å². The van der Waals surface area contributed by atoms with Crippen molar-refractivity contribution in [3.63, 3.8) is 0 Å². The van der Waals surface area contributed by atoms with E-state index in [0.717, 1.165) is 22.6 Å². The fraction of sp³-hybridized carbons (Fsp3) is 0.235. The minimum absolute atomic E-state index is 0.236. The van der Waals surface area contributed by atoms with Crippen LogP contribution in [-0.2, 0) is 17.8 Å². The highest BCUT2D eigenvalue weighted by Gasteiger charge is 2.25. The van der Waals surface area contributed by atoms with Gasteiger partial charge in [-0.1, -0.05) is 30.3 Å². The van der Waals surface area contributed by atoms with E-state index < -0.39 is 12.3 Å². The Labute approximate surface area is 128 Å². The molecule has 0 spiro atoms. The third kappa shape index (κ3) is 3.31. The van der Waals surface area contributed by atoms with Gasteiger partial charge >= 0.3 is 6.09 Å². The molecule has 5 heteroatoms. The number of amides is 1. The van der Waals surface area contributed by atoms with Crippen LogP contribution in [0.3, 0.4) is 0 Å². The molecule has 0 bridgehead atoms. The largest absolute Gasteiger partial charge is 0.497 e. The number of ether oxygens (including phenoxy) is 3. The summed E-state index contributed by atoms with van der Waals surface area (Å²) in [6, 6.07) is 15.1. The molecule has 1 unspecified atom stereocenters. The van der Waals surface area contributed by atoms with Crippen LogP contribution >= 0.6 is 0 Å². The molecule has 2 aromatic rings. The lowest BCUT2D eigenvalue weighted by Gasteiger charge is -2.13. The second-order valence-corrected chi connectivity index (χ2v) is 4.99. The number of alkyl carbamates (subject to hydrolysis) is 1. The van der Waals surface area contributed by atoms with E-state index in [9.17, 15) is 4.79 Å². The van der Waals surface area contributed by atoms with Gasteiger partial charge in [-0.3, -0.25) is 5.32 Å². The maximum atomic E-state index is 11.8. The summed E-state index contributed by atoms with van der Waals surface area (Å²) in [5.74, 6) is 1.53. The Balaban J connectivity index is 1.51. The molecule has 2 aromatic carbocycles. The molecule has 3 rings (SSSR count). The third-order valence-corrected chi connectivity index (χ3v) is 3.43. The summed E-state index contributed by atoms with van der Waals surface area (Å²) >= 11 is 0. The van der Waals surface area contributed by atoms with Gasteiger partial charge in [-0.2, -0.15) is 0 Å². The maximum absolute atomic E-state index is 11.8. The number of benzene rings is 2. The van der Waals surface area contributed by atoms with Gasteiger partial charge in [0.05, 0.1) is 7.11 Å². The Kier molecular flexibility index (Phi) is 4.14. The van der Waals surface area contributed by atoms with Gasteiger partial charge in [0.25, 0.3) is 0 Å². The molecule has 114 valence electrons. The minimum Gasteiger partial charge on any atom is -0.497 e. The van der Waals surface area contributed by atoms with E-state index >= 15 is 0 Å². The highest BCUT2D eigenvalue weighted by molar-refractivity contribution is 5.67. The minimum atomic E-state index is -0.492. The van der Waals surface area contributed by atoms with Crippen molar-refractivity contribution in [2.75, 3.05) is 7.11 Å². The molecule has 1 heterocycles. The predicted molar refractivity (Wildman–Crippen MR) is 80.9 cm³/mol. The van der Waals surface area contributed by atoms with Crippen molar-refractivity contribution < 1.29 is 19.0 Å². The van der Waals surface area contributed by atoms with E-state index in [2.05, 4.69) is 5.32 Å². The van der Waals surface area contributed by atoms with Gasteiger partial charge in [0, 0.05) is 12.0 Å². The van der Waals surface area contributed by atoms with E-state index in [1.807, 2.05) is 48.5 Å². The summed E-state index contributed by atoms with van der Waals surface area (Å²) in [5.41, 5.74) is 1.95. The van der Waals surface area contributed by atoms with Gasteiger partial charge in [-0.15, -0.1) is 0 Å². The van der Waals surface area contributed by atoms with Crippen LogP contribution < -0.4 is 14.8 Å². The normalized spacial score (nSPS) is 15.6. The molecule has 1 N–H and O–H groups in total. The average molecular weight is 299 g/mol. The molecule has 0 fully saturated rings. The lowest BCUT2D eigenvalue weighted by atomic mass is 10.1. The summed E-state index contributed by atoms with van der Waals surface area (Å²) in [7, 11) is 1.62.